The van der Waals surface area contributed by atoms with Gasteiger partial charge in [0.05, 0.1) is 0 Å². The molecule has 0 nitrogen and oxygen atoms in total. The van der Waals surface area contributed by atoms with Crippen molar-refractivity contribution in [2.45, 2.75) is 0 Å². The Morgan fingerprint density at radius 2 is 1.25 bits per heavy atom. The van der Waals surface area contributed by atoms with Crippen molar-refractivity contribution in [2.75, 3.05) is 0 Å². The summed E-state index contributed by atoms with van der Waals surface area (Å²) in [5.74, 6) is 0. The fraction of sp³-hybridized carbons (Fsp3) is 0. The first kappa shape index (κ1) is 24.9. The Labute approximate surface area is 117 Å². The van der Waals surface area contributed by atoms with E-state index in [1.807, 2.05) is 0 Å². The molecule has 0 aromatic carbocycles. The van der Waals surface area contributed by atoms with Crippen LogP contribution in [0.2, 0.25) is 0 Å². The maximum Gasteiger partial charge on any atom is 2.00 e. The van der Waals surface area contributed by atoms with Crippen LogP contribution in [0.3, 0.4) is 0 Å². The number of hydrogen-bond acceptors (Lipinski definition) is 0. The van der Waals surface area contributed by atoms with Crippen molar-refractivity contribution >= 4 is 37.7 Å². The molecule has 0 bridgehead atoms. The molecule has 0 unspecified atom stereocenters. The van der Waals surface area contributed by atoms with Crippen molar-refractivity contribution in [1.29, 1.82) is 0 Å². The van der Waals surface area contributed by atoms with Crippen molar-refractivity contribution in [3.05, 3.63) is 0 Å². The molecule has 0 aliphatic carbocycles. The Hall–Kier alpha value is 3.83. The van der Waals surface area contributed by atoms with E-state index in [1.54, 1.807) is 0 Å². The predicted molar refractivity (Wildman–Crippen MR) is 9.09 cm³/mol. The molecule has 0 saturated carbocycles. The van der Waals surface area contributed by atoms with E-state index in [0.717, 1.165) is 0 Å². The van der Waals surface area contributed by atoms with E-state index in [1.165, 1.54) is 0 Å². The molecular weight excluding hydrogens is 309 g/mol. The van der Waals surface area contributed by atoms with Crippen LogP contribution in [-0.4, -0.2) is 37.7 Å². The van der Waals surface area contributed by atoms with Gasteiger partial charge in [-0.25, -0.2) is 0 Å². The van der Waals surface area contributed by atoms with Crippen molar-refractivity contribution < 1.29 is 82.4 Å². The molecule has 0 aliphatic rings. The summed E-state index contributed by atoms with van der Waals surface area (Å²) in [6.45, 7) is 0. The van der Waals surface area contributed by atoms with Gasteiger partial charge in [-0.05, 0) is 0 Å². The second-order valence-corrected chi connectivity index (χ2v) is 0. The van der Waals surface area contributed by atoms with Gasteiger partial charge < -0.3 is 4.28 Å². The minimum atomic E-state index is 0. The third-order valence-electron chi connectivity index (χ3n) is 0. The molecule has 0 aliphatic heterocycles. The van der Waals surface area contributed by atoms with Gasteiger partial charge in [0, 0.05) is 59.3 Å². The Bertz CT molecular complexity index is 14.9. The van der Waals surface area contributed by atoms with Crippen molar-refractivity contribution in [3.8, 4) is 0 Å². The van der Waals surface area contributed by atoms with Crippen molar-refractivity contribution in [3.63, 3.8) is 0 Å². The predicted octanol–water partition coefficient (Wildman–Crippen LogP) is -3.04. The van der Waals surface area contributed by atoms with Crippen molar-refractivity contribution in [2.24, 2.45) is 0 Å². The second kappa shape index (κ2) is 15.8. The summed E-state index contributed by atoms with van der Waals surface area (Å²) < 4.78 is 0. The number of hydrogen-bond donors (Lipinski definition) is 0. The smallest absolute Gasteiger partial charge is 1.00 e. The summed E-state index contributed by atoms with van der Waals surface area (Å²) in [5.41, 5.74) is 0. The van der Waals surface area contributed by atoms with Crippen LogP contribution in [0.4, 0.5) is 0 Å². The molecule has 0 fully saturated rings. The minimum Gasteiger partial charge on any atom is -1.00 e. The molecule has 4 heteroatoms. The van der Waals surface area contributed by atoms with Gasteiger partial charge in [-0.2, -0.15) is 0 Å². The zero-order valence-electron chi connectivity index (χ0n) is 5.43. The van der Waals surface area contributed by atoms with Crippen LogP contribution in [0, 0.1) is 36.9 Å². The van der Waals surface area contributed by atoms with Gasteiger partial charge in [0.2, 0.25) is 0 Å². The van der Waals surface area contributed by atoms with Gasteiger partial charge >= 0.3 is 56.6 Å². The third-order valence-corrected chi connectivity index (χ3v) is 0. The second-order valence-electron chi connectivity index (χ2n) is 0. The zero-order valence-corrected chi connectivity index (χ0v) is 8.62. The Morgan fingerprint density at radius 3 is 1.25 bits per heavy atom. The Kier molecular flexibility index (Phi) is 98.5. The molecule has 0 heterocycles. The first-order valence-electron chi connectivity index (χ1n) is 0. The molecule has 0 spiro atoms. The maximum absolute atomic E-state index is 0. The first-order valence-corrected chi connectivity index (χ1v) is 0. The van der Waals surface area contributed by atoms with Gasteiger partial charge in [-0.3, -0.25) is 0 Å². The summed E-state index contributed by atoms with van der Waals surface area (Å²) in [7, 11) is 0. The zero-order chi connectivity index (χ0) is 0. The summed E-state index contributed by atoms with van der Waals surface area (Å²) in [6, 6.07) is 0. The fourth-order valence-corrected chi connectivity index (χ4v) is 0. The Morgan fingerprint density at radius 1 is 1.25 bits per heavy atom. The molecule has 0 aromatic rings. The fourth-order valence-electron chi connectivity index (χ4n) is 0. The summed E-state index contributed by atoms with van der Waals surface area (Å²) in [5, 5.41) is 0. The van der Waals surface area contributed by atoms with Crippen LogP contribution in [0.5, 0.6) is 0 Å². The molecule has 0 saturated heterocycles. The van der Waals surface area contributed by atoms with E-state index in [2.05, 4.69) is 0 Å². The summed E-state index contributed by atoms with van der Waals surface area (Å²) in [6.07, 6.45) is 0. The van der Waals surface area contributed by atoms with E-state index in [-0.39, 0.29) is 120 Å². The third kappa shape index (κ3) is 9.27. The standard InChI is InChI=1S/Ca.Li.Nb.Tm.3H/q+2;+1;;;3*-1. The Balaban J connectivity index is 0. The van der Waals surface area contributed by atoms with Crippen LogP contribution in [0.25, 0.3) is 0 Å². The maximum atomic E-state index is 0. The molecule has 2 radical (unpaired) electrons. The van der Waals surface area contributed by atoms with E-state index in [9.17, 15) is 0 Å². The molecule has 0 amide bonds. The van der Waals surface area contributed by atoms with E-state index in [0.29, 0.717) is 0 Å². The van der Waals surface area contributed by atoms with E-state index in [4.69, 9.17) is 0 Å². The molecular formula is H3CaLiNbTm. The topological polar surface area (TPSA) is 0 Å². The molecule has 0 aromatic heterocycles. The van der Waals surface area contributed by atoms with Gasteiger partial charge in [0.15, 0.2) is 0 Å². The SMILES string of the molecule is [Ca+2].[H-].[H-].[H-].[Li+].[Nb].[Tm]. The molecule has 0 atom stereocenters. The molecule has 0 N–H and O–H groups in total. The van der Waals surface area contributed by atoms with Crippen LogP contribution in [0.1, 0.15) is 4.28 Å². The average molecular weight is 312 g/mol. The van der Waals surface area contributed by atoms with Crippen molar-refractivity contribution in [1.82, 2.24) is 0 Å². The van der Waals surface area contributed by atoms with Gasteiger partial charge in [0.1, 0.15) is 0 Å². The van der Waals surface area contributed by atoms with E-state index >= 15 is 0 Å². The summed E-state index contributed by atoms with van der Waals surface area (Å²) >= 11 is 0. The normalized spacial score (nSPS) is 0. The minimum absolute atomic E-state index is 0. The average Bonchev–Trinajstić information content (AvgIpc) is 0. The van der Waals surface area contributed by atoms with Gasteiger partial charge in [-0.15, -0.1) is 0 Å². The summed E-state index contributed by atoms with van der Waals surface area (Å²) in [4.78, 5) is 0. The van der Waals surface area contributed by atoms with Crippen LogP contribution >= 0.6 is 0 Å². The van der Waals surface area contributed by atoms with Gasteiger partial charge in [0.25, 0.3) is 0 Å². The van der Waals surface area contributed by atoms with Crippen LogP contribution in [-0.2, 0) is 22.4 Å². The van der Waals surface area contributed by atoms with Crippen LogP contribution < -0.4 is 18.9 Å². The largest absolute Gasteiger partial charge is 2.00 e. The molecule has 0 rings (SSSR count). The molecule has 4 heavy (non-hydrogen) atoms. The quantitative estimate of drug-likeness (QED) is 0.417. The molecule has 24 valence electrons. The van der Waals surface area contributed by atoms with Gasteiger partial charge in [-0.1, -0.05) is 0 Å². The van der Waals surface area contributed by atoms with Crippen LogP contribution in [0.15, 0.2) is 0 Å². The monoisotopic (exact) mass is 312 g/mol. The van der Waals surface area contributed by atoms with E-state index < -0.39 is 0 Å². The first-order chi connectivity index (χ1) is 0. The number of rotatable bonds is 0.